The first-order valence-corrected chi connectivity index (χ1v) is 8.69. The van der Waals surface area contributed by atoms with Gasteiger partial charge < -0.3 is 9.64 Å². The second kappa shape index (κ2) is 5.66. The lowest BCUT2D eigenvalue weighted by Crippen LogP contribution is -2.31. The Hall–Kier alpha value is -2.29. The van der Waals surface area contributed by atoms with E-state index in [2.05, 4.69) is 6.92 Å². The van der Waals surface area contributed by atoms with Gasteiger partial charge >= 0.3 is 0 Å². The molecule has 2 fully saturated rings. The number of piperidine rings is 1. The molecule has 0 radical (unpaired) electrons. The average Bonchev–Trinajstić information content (AvgIpc) is 3.22. The molecule has 2 atom stereocenters. The highest BCUT2D eigenvalue weighted by molar-refractivity contribution is 5.95. The van der Waals surface area contributed by atoms with Crippen LogP contribution in [0, 0.1) is 11.3 Å². The molecule has 1 heterocycles. The third-order valence-electron chi connectivity index (χ3n) is 5.83. The van der Waals surface area contributed by atoms with Crippen LogP contribution in [0.5, 0.6) is 5.75 Å². The highest BCUT2D eigenvalue weighted by Gasteiger charge is 2.59. The van der Waals surface area contributed by atoms with Gasteiger partial charge in [0.05, 0.1) is 7.11 Å². The number of hydrogen-bond donors (Lipinski definition) is 0. The van der Waals surface area contributed by atoms with Gasteiger partial charge in [0.2, 0.25) is 0 Å². The van der Waals surface area contributed by atoms with Gasteiger partial charge in [-0.15, -0.1) is 0 Å². The summed E-state index contributed by atoms with van der Waals surface area (Å²) in [6, 6.07) is 15.9. The summed E-state index contributed by atoms with van der Waals surface area (Å²) >= 11 is 0. The summed E-state index contributed by atoms with van der Waals surface area (Å²) in [7, 11) is 1.66. The van der Waals surface area contributed by atoms with Gasteiger partial charge in [0.15, 0.2) is 0 Å². The van der Waals surface area contributed by atoms with Gasteiger partial charge in [-0.3, -0.25) is 4.79 Å². The number of nitrogens with zero attached hydrogens (tertiary/aromatic N) is 1. The quantitative estimate of drug-likeness (QED) is 0.843. The van der Waals surface area contributed by atoms with Gasteiger partial charge in [-0.2, -0.15) is 0 Å². The van der Waals surface area contributed by atoms with Crippen LogP contribution >= 0.6 is 0 Å². The normalized spacial score (nSPS) is 24.6. The molecule has 0 aromatic heterocycles. The van der Waals surface area contributed by atoms with Crippen molar-refractivity contribution in [3.8, 4) is 16.9 Å². The molecule has 1 amide bonds. The lowest BCUT2D eigenvalue weighted by Gasteiger charge is -2.21. The van der Waals surface area contributed by atoms with Crippen LogP contribution < -0.4 is 4.74 Å². The summed E-state index contributed by atoms with van der Waals surface area (Å²) in [6.07, 6.45) is 2.49. The number of rotatable bonds is 4. The fourth-order valence-corrected chi connectivity index (χ4v) is 4.09. The van der Waals surface area contributed by atoms with E-state index in [9.17, 15) is 4.79 Å². The van der Waals surface area contributed by atoms with E-state index >= 15 is 0 Å². The lowest BCUT2D eigenvalue weighted by atomic mass is 10.0. The van der Waals surface area contributed by atoms with Gasteiger partial charge in [-0.25, -0.2) is 0 Å². The smallest absolute Gasteiger partial charge is 0.253 e. The molecule has 124 valence electrons. The standard InChI is InChI=1S/C21H23NO2/c1-3-21-12-18(21)13-22(14-21)20(23)17-6-4-5-16(11-17)15-7-9-19(24-2)10-8-15/h4-11,18H,3,12-14H2,1-2H3. The number of ether oxygens (including phenoxy) is 1. The number of fused-ring (bicyclic) bond motifs is 1. The molecule has 1 aliphatic carbocycles. The predicted octanol–water partition coefficient (Wildman–Crippen LogP) is 4.23. The Bertz CT molecular complexity index is 764. The summed E-state index contributed by atoms with van der Waals surface area (Å²) in [5, 5.41) is 0. The number of carbonyl (C=O) groups is 1. The first-order valence-electron chi connectivity index (χ1n) is 8.69. The molecular weight excluding hydrogens is 298 g/mol. The van der Waals surface area contributed by atoms with E-state index in [1.807, 2.05) is 53.4 Å². The van der Waals surface area contributed by atoms with Crippen molar-refractivity contribution >= 4 is 5.91 Å². The molecule has 2 unspecified atom stereocenters. The van der Waals surface area contributed by atoms with Crippen molar-refractivity contribution in [3.05, 3.63) is 54.1 Å². The van der Waals surface area contributed by atoms with Crippen LogP contribution in [0.15, 0.2) is 48.5 Å². The molecule has 24 heavy (non-hydrogen) atoms. The van der Waals surface area contributed by atoms with Crippen LogP contribution in [-0.2, 0) is 0 Å². The van der Waals surface area contributed by atoms with Crippen LogP contribution in [0.3, 0.4) is 0 Å². The van der Waals surface area contributed by atoms with Crippen molar-refractivity contribution in [3.63, 3.8) is 0 Å². The van der Waals surface area contributed by atoms with Crippen molar-refractivity contribution in [2.24, 2.45) is 11.3 Å². The average molecular weight is 321 g/mol. The fourth-order valence-electron chi connectivity index (χ4n) is 4.09. The van der Waals surface area contributed by atoms with Crippen LogP contribution in [0.1, 0.15) is 30.1 Å². The Morgan fingerprint density at radius 3 is 2.67 bits per heavy atom. The molecule has 0 spiro atoms. The summed E-state index contributed by atoms with van der Waals surface area (Å²) in [5.41, 5.74) is 3.39. The number of benzene rings is 2. The van der Waals surface area contributed by atoms with E-state index in [-0.39, 0.29) is 5.91 Å². The molecule has 1 saturated carbocycles. The molecule has 2 aromatic rings. The van der Waals surface area contributed by atoms with Gasteiger partial charge in [-0.05, 0) is 59.6 Å². The Morgan fingerprint density at radius 1 is 1.21 bits per heavy atom. The van der Waals surface area contributed by atoms with Crippen molar-refractivity contribution in [2.75, 3.05) is 20.2 Å². The first kappa shape index (κ1) is 15.3. The monoisotopic (exact) mass is 321 g/mol. The third kappa shape index (κ3) is 2.48. The van der Waals surface area contributed by atoms with Gasteiger partial charge in [0.25, 0.3) is 5.91 Å². The maximum atomic E-state index is 12.9. The van der Waals surface area contributed by atoms with Crippen LogP contribution in [0.25, 0.3) is 11.1 Å². The lowest BCUT2D eigenvalue weighted by molar-refractivity contribution is 0.0764. The number of amides is 1. The second-order valence-corrected chi connectivity index (χ2v) is 7.11. The van der Waals surface area contributed by atoms with E-state index in [1.54, 1.807) is 7.11 Å². The Labute approximate surface area is 143 Å². The van der Waals surface area contributed by atoms with Gasteiger partial charge in [0.1, 0.15) is 5.75 Å². The topological polar surface area (TPSA) is 29.5 Å². The molecule has 2 aromatic carbocycles. The largest absolute Gasteiger partial charge is 0.497 e. The molecule has 3 heteroatoms. The highest BCUT2D eigenvalue weighted by Crippen LogP contribution is 2.60. The van der Waals surface area contributed by atoms with Crippen LogP contribution in [0.2, 0.25) is 0 Å². The number of carbonyl (C=O) groups excluding carboxylic acids is 1. The fraction of sp³-hybridized carbons (Fsp3) is 0.381. The minimum Gasteiger partial charge on any atom is -0.497 e. The van der Waals surface area contributed by atoms with E-state index in [0.29, 0.717) is 5.41 Å². The molecule has 2 aliphatic rings. The molecule has 1 aliphatic heterocycles. The van der Waals surface area contributed by atoms with Gasteiger partial charge in [0, 0.05) is 18.7 Å². The van der Waals surface area contributed by atoms with E-state index in [0.717, 1.165) is 41.4 Å². The molecule has 1 saturated heterocycles. The van der Waals surface area contributed by atoms with E-state index in [4.69, 9.17) is 4.74 Å². The number of likely N-dealkylation sites (tertiary alicyclic amines) is 1. The van der Waals surface area contributed by atoms with E-state index < -0.39 is 0 Å². The predicted molar refractivity (Wildman–Crippen MR) is 95.2 cm³/mol. The summed E-state index contributed by atoms with van der Waals surface area (Å²) in [4.78, 5) is 14.9. The Kier molecular flexibility index (Phi) is 3.60. The molecule has 3 nitrogen and oxygen atoms in total. The minimum atomic E-state index is 0.172. The van der Waals surface area contributed by atoms with Crippen molar-refractivity contribution in [1.82, 2.24) is 4.90 Å². The zero-order chi connectivity index (χ0) is 16.7. The molecule has 4 rings (SSSR count). The highest BCUT2D eigenvalue weighted by atomic mass is 16.5. The summed E-state index contributed by atoms with van der Waals surface area (Å²) in [6.45, 7) is 4.11. The van der Waals surface area contributed by atoms with Crippen LogP contribution in [0.4, 0.5) is 0 Å². The maximum Gasteiger partial charge on any atom is 0.253 e. The van der Waals surface area contributed by atoms with Crippen LogP contribution in [-0.4, -0.2) is 31.0 Å². The van der Waals surface area contributed by atoms with E-state index in [1.165, 1.54) is 12.8 Å². The molecular formula is C21H23NO2. The summed E-state index contributed by atoms with van der Waals surface area (Å²) < 4.78 is 5.21. The Balaban J connectivity index is 1.55. The number of hydrogen-bond acceptors (Lipinski definition) is 2. The molecule has 0 N–H and O–H groups in total. The van der Waals surface area contributed by atoms with Crippen molar-refractivity contribution in [1.29, 1.82) is 0 Å². The third-order valence-corrected chi connectivity index (χ3v) is 5.83. The van der Waals surface area contributed by atoms with Crippen molar-refractivity contribution in [2.45, 2.75) is 19.8 Å². The summed E-state index contributed by atoms with van der Waals surface area (Å²) in [5.74, 6) is 1.74. The second-order valence-electron chi connectivity index (χ2n) is 7.11. The minimum absolute atomic E-state index is 0.172. The zero-order valence-corrected chi connectivity index (χ0v) is 14.3. The maximum absolute atomic E-state index is 12.9. The Morgan fingerprint density at radius 2 is 2.00 bits per heavy atom. The van der Waals surface area contributed by atoms with Gasteiger partial charge in [-0.1, -0.05) is 31.2 Å². The SMILES string of the molecule is CCC12CC1CN(C(=O)c1cccc(-c3ccc(OC)cc3)c1)C2. The van der Waals surface area contributed by atoms with Crippen molar-refractivity contribution < 1.29 is 9.53 Å². The zero-order valence-electron chi connectivity index (χ0n) is 14.3. The first-order chi connectivity index (χ1) is 11.6. The molecule has 0 bridgehead atoms. The number of methoxy groups -OCH3 is 1.